The molecule has 0 spiro atoms. The molecule has 8 N–H and O–H groups in total. The van der Waals surface area contributed by atoms with Crippen LogP contribution >= 0.6 is 23.5 Å². The van der Waals surface area contributed by atoms with Crippen molar-refractivity contribution in [3.63, 3.8) is 0 Å². The summed E-state index contributed by atoms with van der Waals surface area (Å²) in [5, 5.41) is 26.4. The SMILES string of the molecule is CN(CCCC(=O)NCCCCCCOP(=O)(O)OP(=O)(O)OP(=O)(O)OC[C@H]1O[C@@H](n2cnc3c(N)ncnc32)[C@H](O)[C@@H]1O)C(=O)c1ccccc1C1=c2cc3c4c(c2Oc2c1cc1c5c2CCCN5CCC1)CCC[N+]=4CCC3. The molecule has 0 saturated carbocycles. The molecule has 28 heteroatoms. The van der Waals surface area contributed by atoms with E-state index in [0.29, 0.717) is 44.3 Å². The van der Waals surface area contributed by atoms with Gasteiger partial charge < -0.3 is 55.2 Å². The summed E-state index contributed by atoms with van der Waals surface area (Å²) in [6.45, 7) is 3.53. The number of aryl methyl sites for hydroxylation is 2. The lowest BCUT2D eigenvalue weighted by Crippen LogP contribution is -2.45. The molecular formula is C53H67N9O16P3+. The molecule has 11 rings (SSSR count). The van der Waals surface area contributed by atoms with Crippen molar-refractivity contribution in [2.45, 2.75) is 114 Å². The summed E-state index contributed by atoms with van der Waals surface area (Å²) in [6.07, 6.45) is 6.86. The number of nitrogens with one attached hydrogen (secondary N) is 1. The van der Waals surface area contributed by atoms with Crippen LogP contribution in [0.1, 0.15) is 114 Å². The zero-order valence-corrected chi connectivity index (χ0v) is 47.4. The molecule has 434 valence electrons. The topological polar surface area (TPSA) is 333 Å². The van der Waals surface area contributed by atoms with Gasteiger partial charge in [-0.3, -0.25) is 23.2 Å². The number of phosphoric acid groups is 3. The Kier molecular flexibility index (Phi) is 16.7. The first kappa shape index (κ1) is 57.3. The second kappa shape index (κ2) is 23.6. The highest BCUT2D eigenvalue weighted by Crippen LogP contribution is 2.68. The summed E-state index contributed by atoms with van der Waals surface area (Å²) in [5.41, 5.74) is 16.3. The Balaban J connectivity index is 0.630. The Labute approximate surface area is 466 Å². The van der Waals surface area contributed by atoms with Crippen molar-refractivity contribution in [1.29, 1.82) is 0 Å². The molecule has 3 unspecified atom stereocenters. The van der Waals surface area contributed by atoms with Crippen LogP contribution in [0.3, 0.4) is 0 Å². The summed E-state index contributed by atoms with van der Waals surface area (Å²) in [4.78, 5) is 73.9. The molecule has 0 radical (unpaired) electrons. The van der Waals surface area contributed by atoms with Crippen molar-refractivity contribution in [2.75, 3.05) is 70.2 Å². The number of nitrogens with zero attached hydrogens (tertiary/aromatic N) is 7. The molecule has 6 aliphatic heterocycles. The number of anilines is 2. The number of nitrogen functional groups attached to an aromatic ring is 1. The van der Waals surface area contributed by atoms with Crippen molar-refractivity contribution in [3.05, 3.63) is 98.6 Å². The second-order valence-corrected chi connectivity index (χ2v) is 25.9. The molecule has 7 atom stereocenters. The van der Waals surface area contributed by atoms with E-state index in [2.05, 4.69) is 56.6 Å². The fraction of sp³-hybridized carbons (Fsp3) is 0.509. The molecule has 8 heterocycles. The number of rotatable bonds is 22. The molecule has 25 nitrogen and oxygen atoms in total. The number of ether oxygens (including phenoxy) is 2. The number of hydrogen-bond acceptors (Lipinski definition) is 18. The molecular weight excluding hydrogens is 1110 g/mol. The Morgan fingerprint density at radius 3 is 2.37 bits per heavy atom. The lowest BCUT2D eigenvalue weighted by atomic mass is 9.81. The first-order valence-corrected chi connectivity index (χ1v) is 32.0. The highest BCUT2D eigenvalue weighted by Gasteiger charge is 2.48. The molecule has 2 amide bonds. The smallest absolute Gasteiger partial charge is 0.455 e. The molecule has 6 aliphatic rings. The summed E-state index contributed by atoms with van der Waals surface area (Å²) >= 11 is 0. The second-order valence-electron chi connectivity index (χ2n) is 21.3. The number of nitrogens with two attached hydrogens (primary N) is 1. The zero-order valence-electron chi connectivity index (χ0n) is 44.8. The van der Waals surface area contributed by atoms with Crippen LogP contribution in [0.5, 0.6) is 11.5 Å². The lowest BCUT2D eigenvalue weighted by molar-refractivity contribution is -0.121. The number of aromatic nitrogens is 4. The van der Waals surface area contributed by atoms with E-state index in [9.17, 15) is 48.2 Å². The van der Waals surface area contributed by atoms with E-state index in [1.54, 1.807) is 11.9 Å². The van der Waals surface area contributed by atoms with Gasteiger partial charge in [0.25, 0.3) is 5.91 Å². The van der Waals surface area contributed by atoms with Gasteiger partial charge >= 0.3 is 23.5 Å². The highest BCUT2D eigenvalue weighted by atomic mass is 31.3. The molecule has 1 saturated heterocycles. The molecule has 5 aromatic rings. The Morgan fingerprint density at radius 2 is 1.56 bits per heavy atom. The maximum absolute atomic E-state index is 14.6. The largest absolute Gasteiger partial charge is 0.490 e. The number of imidazole rings is 1. The first-order chi connectivity index (χ1) is 38.9. The number of carbonyl (C=O) groups is 2. The maximum Gasteiger partial charge on any atom is 0.490 e. The van der Waals surface area contributed by atoms with Gasteiger partial charge in [-0.05, 0) is 87.1 Å². The summed E-state index contributed by atoms with van der Waals surface area (Å²) < 4.78 is 72.0. The van der Waals surface area contributed by atoms with Gasteiger partial charge in [0.2, 0.25) is 11.3 Å². The number of benzene rings is 3. The minimum absolute atomic E-state index is 0.0367. The van der Waals surface area contributed by atoms with Crippen LogP contribution in [-0.4, -0.2) is 139 Å². The normalized spacial score (nSPS) is 22.1. The fourth-order valence-electron chi connectivity index (χ4n) is 12.2. The van der Waals surface area contributed by atoms with Gasteiger partial charge in [-0.25, -0.2) is 33.2 Å². The van der Waals surface area contributed by atoms with Crippen molar-refractivity contribution >= 4 is 63.5 Å². The minimum atomic E-state index is -5.79. The van der Waals surface area contributed by atoms with E-state index in [-0.39, 0.29) is 41.6 Å². The Bertz CT molecular complexity index is 3560. The number of aliphatic hydroxyl groups is 2. The van der Waals surface area contributed by atoms with Gasteiger partial charge in [-0.1, -0.05) is 31.0 Å². The molecule has 0 bridgehead atoms. The van der Waals surface area contributed by atoms with Crippen LogP contribution in [0.15, 0.2) is 49.1 Å². The number of amides is 2. The quantitative estimate of drug-likeness (QED) is 0.0286. The third kappa shape index (κ3) is 12.0. The maximum atomic E-state index is 14.6. The standard InChI is InChI=1S/C53H66N9O16P3/c1-59(52(66)35-16-5-4-15-34(35)42-38-27-32-13-8-22-60-24-10-17-36(44(32)60)48(38)76-49-37-18-11-25-61-23-9-14-33(45(37)61)28-39(42)49)21-12-19-41(63)55-20-6-2-3-7-26-73-79(67,68)77-81(71,72)78-80(69,70)74-29-40-46(64)47(65)53(75-40)62-31-58-43-50(54)56-30-57-51(43)62/h4-5,15-16,27-28,30-31,40,46-47,53,64-65H,2-3,6-14,17-26,29H2,1H3,(H5-,54,55,56,57,63,67,68,69,70,71,72)/p+1/t40-,46-,47-,53-/m1/s1. The van der Waals surface area contributed by atoms with Gasteiger partial charge in [0.1, 0.15) is 54.7 Å². The summed E-state index contributed by atoms with van der Waals surface area (Å²) in [6, 6.07) is 12.6. The van der Waals surface area contributed by atoms with E-state index in [1.807, 2.05) is 18.2 Å². The summed E-state index contributed by atoms with van der Waals surface area (Å²) in [5.74, 6) is 1.59. The first-order valence-electron chi connectivity index (χ1n) is 27.6. The average Bonchev–Trinajstić information content (AvgIpc) is 4.14. The molecule has 1 fully saturated rings. The van der Waals surface area contributed by atoms with Crippen LogP contribution in [-0.2, 0) is 66.6 Å². The van der Waals surface area contributed by atoms with Crippen LogP contribution in [0.2, 0.25) is 0 Å². The van der Waals surface area contributed by atoms with E-state index in [0.717, 1.165) is 117 Å². The zero-order chi connectivity index (χ0) is 56.8. The minimum Gasteiger partial charge on any atom is -0.455 e. The average molecular weight is 1180 g/mol. The van der Waals surface area contributed by atoms with Crippen LogP contribution in [0, 0.1) is 0 Å². The van der Waals surface area contributed by atoms with Crippen molar-refractivity contribution in [2.24, 2.45) is 0 Å². The lowest BCUT2D eigenvalue weighted by Gasteiger charge is -2.39. The predicted octanol–water partition coefficient (Wildman–Crippen LogP) is 4.06. The predicted molar refractivity (Wildman–Crippen MR) is 294 cm³/mol. The molecule has 2 aromatic heterocycles. The van der Waals surface area contributed by atoms with Gasteiger partial charge in [0.05, 0.1) is 25.1 Å². The van der Waals surface area contributed by atoms with Crippen molar-refractivity contribution in [3.8, 4) is 11.5 Å². The van der Waals surface area contributed by atoms with Crippen LogP contribution in [0.25, 0.3) is 16.7 Å². The van der Waals surface area contributed by atoms with Gasteiger partial charge in [-0.2, -0.15) is 8.62 Å². The van der Waals surface area contributed by atoms with E-state index < -0.39 is 61.2 Å². The molecule has 3 aromatic carbocycles. The monoisotopic (exact) mass is 1180 g/mol. The van der Waals surface area contributed by atoms with Gasteiger partial charge in [0, 0.05) is 91.2 Å². The number of carbonyl (C=O) groups excluding carboxylic acids is 2. The van der Waals surface area contributed by atoms with Gasteiger partial charge in [-0.15, -0.1) is 0 Å². The van der Waals surface area contributed by atoms with E-state index >= 15 is 0 Å². The third-order valence-corrected chi connectivity index (χ3v) is 20.1. The number of hydrogen-bond donors (Lipinski definition) is 7. The fourth-order valence-corrected chi connectivity index (χ4v) is 15.7. The molecule has 0 aliphatic carbocycles. The van der Waals surface area contributed by atoms with E-state index in [4.69, 9.17) is 24.3 Å². The van der Waals surface area contributed by atoms with E-state index in [1.165, 1.54) is 44.2 Å². The van der Waals surface area contributed by atoms with Crippen LogP contribution < -0.4 is 35.8 Å². The van der Waals surface area contributed by atoms with Crippen LogP contribution in [0.4, 0.5) is 11.5 Å². The summed E-state index contributed by atoms with van der Waals surface area (Å²) in [7, 11) is -14.9. The Morgan fingerprint density at radius 1 is 0.827 bits per heavy atom. The number of unbranched alkanes of at least 4 members (excludes halogenated alkanes) is 3. The molecule has 81 heavy (non-hydrogen) atoms. The highest BCUT2D eigenvalue weighted by molar-refractivity contribution is 7.66. The van der Waals surface area contributed by atoms with Gasteiger partial charge in [0.15, 0.2) is 17.7 Å². The Hall–Kier alpha value is -5.49. The third-order valence-electron chi connectivity index (χ3n) is 15.8. The number of phosphoric ester groups is 2. The number of aliphatic hydroxyl groups excluding tert-OH is 2. The number of fused-ring (bicyclic) bond motifs is 5. The van der Waals surface area contributed by atoms with Crippen molar-refractivity contribution in [1.82, 2.24) is 34.3 Å². The van der Waals surface area contributed by atoms with Crippen molar-refractivity contribution < 1.29 is 75.3 Å².